The lowest BCUT2D eigenvalue weighted by Crippen LogP contribution is -2.31. The molecule has 0 fully saturated rings. The van der Waals surface area contributed by atoms with Crippen LogP contribution in [-0.2, 0) is 4.79 Å². The fourth-order valence-electron chi connectivity index (χ4n) is 2.31. The quantitative estimate of drug-likeness (QED) is 0.555. The zero-order valence-corrected chi connectivity index (χ0v) is 15.3. The van der Waals surface area contributed by atoms with Gasteiger partial charge in [-0.25, -0.2) is 0 Å². The largest absolute Gasteiger partial charge is 0.481 e. The van der Waals surface area contributed by atoms with Gasteiger partial charge in [0.05, 0.1) is 11.3 Å². The summed E-state index contributed by atoms with van der Waals surface area (Å²) in [4.78, 5) is 35.9. The number of carbonyl (C=O) groups is 3. The number of para-hydroxylation sites is 1. The summed E-state index contributed by atoms with van der Waals surface area (Å²) in [6.45, 7) is 6.97. The smallest absolute Gasteiger partial charge is 0.265 e. The minimum absolute atomic E-state index is 0.0429. The first-order valence-corrected chi connectivity index (χ1v) is 8.49. The lowest BCUT2D eigenvalue weighted by atomic mass is 10.1. The molecule has 0 aromatic heterocycles. The summed E-state index contributed by atoms with van der Waals surface area (Å²) in [5, 5.41) is 5.39. The fourth-order valence-corrected chi connectivity index (χ4v) is 2.31. The first kappa shape index (κ1) is 19.9. The van der Waals surface area contributed by atoms with Gasteiger partial charge in [0, 0.05) is 12.1 Å². The molecule has 1 atom stereocenters. The van der Waals surface area contributed by atoms with Gasteiger partial charge in [-0.05, 0) is 50.2 Å². The van der Waals surface area contributed by atoms with Crippen LogP contribution in [0.5, 0.6) is 5.75 Å². The molecule has 0 aliphatic rings. The Hall–Kier alpha value is -3.41. The van der Waals surface area contributed by atoms with Gasteiger partial charge >= 0.3 is 0 Å². The van der Waals surface area contributed by atoms with Crippen molar-refractivity contribution in [2.24, 2.45) is 0 Å². The van der Waals surface area contributed by atoms with Crippen molar-refractivity contribution in [1.29, 1.82) is 0 Å². The van der Waals surface area contributed by atoms with Crippen LogP contribution in [0.2, 0.25) is 0 Å². The Labute approximate surface area is 158 Å². The summed E-state index contributed by atoms with van der Waals surface area (Å²) in [5.74, 6) is -0.271. The highest BCUT2D eigenvalue weighted by Gasteiger charge is 2.18. The Bertz CT molecular complexity index is 844. The molecule has 0 heterocycles. The number of amides is 2. The van der Waals surface area contributed by atoms with E-state index in [4.69, 9.17) is 4.74 Å². The van der Waals surface area contributed by atoms with E-state index in [0.717, 1.165) is 0 Å². The van der Waals surface area contributed by atoms with E-state index >= 15 is 0 Å². The molecule has 1 unspecified atom stereocenters. The SMILES string of the molecule is C=CCNC(=O)c1ccccc1NC(=O)C(C)Oc1ccc(C(C)=O)cc1. The van der Waals surface area contributed by atoms with E-state index in [1.807, 2.05) is 0 Å². The average Bonchev–Trinajstić information content (AvgIpc) is 2.66. The maximum absolute atomic E-state index is 12.4. The molecular formula is C21H22N2O4. The van der Waals surface area contributed by atoms with Gasteiger partial charge in [0.2, 0.25) is 0 Å². The van der Waals surface area contributed by atoms with E-state index in [1.165, 1.54) is 6.92 Å². The van der Waals surface area contributed by atoms with Crippen LogP contribution < -0.4 is 15.4 Å². The Kier molecular flexibility index (Phi) is 6.88. The van der Waals surface area contributed by atoms with Gasteiger partial charge in [-0.15, -0.1) is 6.58 Å². The Morgan fingerprint density at radius 3 is 2.41 bits per heavy atom. The molecule has 0 aliphatic heterocycles. The molecule has 6 heteroatoms. The van der Waals surface area contributed by atoms with Crippen LogP contribution in [0.25, 0.3) is 0 Å². The molecule has 2 N–H and O–H groups in total. The number of rotatable bonds is 8. The van der Waals surface area contributed by atoms with Crippen molar-refractivity contribution >= 4 is 23.3 Å². The van der Waals surface area contributed by atoms with Crippen molar-refractivity contribution in [3.05, 3.63) is 72.3 Å². The maximum atomic E-state index is 12.4. The van der Waals surface area contributed by atoms with Gasteiger partial charge in [0.15, 0.2) is 11.9 Å². The highest BCUT2D eigenvalue weighted by Crippen LogP contribution is 2.18. The lowest BCUT2D eigenvalue weighted by Gasteiger charge is -2.16. The molecule has 0 radical (unpaired) electrons. The van der Waals surface area contributed by atoms with E-state index in [2.05, 4.69) is 17.2 Å². The van der Waals surface area contributed by atoms with Gasteiger partial charge in [-0.1, -0.05) is 18.2 Å². The fraction of sp³-hybridized carbons (Fsp3) is 0.190. The van der Waals surface area contributed by atoms with Crippen molar-refractivity contribution in [1.82, 2.24) is 5.32 Å². The molecule has 0 aliphatic carbocycles. The van der Waals surface area contributed by atoms with Gasteiger partial charge in [-0.3, -0.25) is 14.4 Å². The van der Waals surface area contributed by atoms with Crippen LogP contribution in [0.15, 0.2) is 61.2 Å². The van der Waals surface area contributed by atoms with Crippen LogP contribution in [0, 0.1) is 0 Å². The second-order valence-electron chi connectivity index (χ2n) is 5.87. The minimum atomic E-state index is -0.794. The Morgan fingerprint density at radius 1 is 1.11 bits per heavy atom. The van der Waals surface area contributed by atoms with Gasteiger partial charge in [0.25, 0.3) is 11.8 Å². The van der Waals surface area contributed by atoms with Gasteiger partial charge in [-0.2, -0.15) is 0 Å². The molecule has 2 rings (SSSR count). The van der Waals surface area contributed by atoms with Crippen LogP contribution in [-0.4, -0.2) is 30.2 Å². The van der Waals surface area contributed by atoms with E-state index in [-0.39, 0.29) is 11.7 Å². The number of hydrogen-bond acceptors (Lipinski definition) is 4. The number of ether oxygens (including phenoxy) is 1. The van der Waals surface area contributed by atoms with E-state index in [9.17, 15) is 14.4 Å². The second kappa shape index (κ2) is 9.33. The van der Waals surface area contributed by atoms with E-state index < -0.39 is 12.0 Å². The summed E-state index contributed by atoms with van der Waals surface area (Å²) < 4.78 is 5.61. The summed E-state index contributed by atoms with van der Waals surface area (Å²) in [7, 11) is 0. The second-order valence-corrected chi connectivity index (χ2v) is 5.87. The summed E-state index contributed by atoms with van der Waals surface area (Å²) in [6.07, 6.45) is 0.782. The zero-order valence-electron chi connectivity index (χ0n) is 15.3. The number of nitrogens with one attached hydrogen (secondary N) is 2. The normalized spacial score (nSPS) is 11.2. The topological polar surface area (TPSA) is 84.5 Å². The van der Waals surface area contributed by atoms with Gasteiger partial charge in [0.1, 0.15) is 5.75 Å². The van der Waals surface area contributed by atoms with Crippen molar-refractivity contribution in [3.63, 3.8) is 0 Å². The number of hydrogen-bond donors (Lipinski definition) is 2. The maximum Gasteiger partial charge on any atom is 0.265 e. The monoisotopic (exact) mass is 366 g/mol. The van der Waals surface area contributed by atoms with Crippen LogP contribution in [0.3, 0.4) is 0 Å². The number of benzene rings is 2. The molecule has 2 aromatic carbocycles. The molecule has 0 saturated heterocycles. The first-order chi connectivity index (χ1) is 12.9. The number of ketones is 1. The molecule has 2 amide bonds. The molecular weight excluding hydrogens is 344 g/mol. The molecule has 0 spiro atoms. The third kappa shape index (κ3) is 5.54. The Morgan fingerprint density at radius 2 is 1.78 bits per heavy atom. The molecule has 6 nitrogen and oxygen atoms in total. The average molecular weight is 366 g/mol. The van der Waals surface area contributed by atoms with Crippen molar-refractivity contribution in [2.45, 2.75) is 20.0 Å². The summed E-state index contributed by atoms with van der Waals surface area (Å²) in [5.41, 5.74) is 1.32. The summed E-state index contributed by atoms with van der Waals surface area (Å²) in [6, 6.07) is 13.3. The highest BCUT2D eigenvalue weighted by molar-refractivity contribution is 6.04. The van der Waals surface area contributed by atoms with Crippen LogP contribution in [0.4, 0.5) is 5.69 Å². The van der Waals surface area contributed by atoms with Crippen LogP contribution >= 0.6 is 0 Å². The van der Waals surface area contributed by atoms with Crippen molar-refractivity contribution in [3.8, 4) is 5.75 Å². The molecule has 0 bridgehead atoms. The molecule has 2 aromatic rings. The number of anilines is 1. The predicted molar refractivity (Wildman–Crippen MR) is 104 cm³/mol. The zero-order chi connectivity index (χ0) is 19.8. The van der Waals surface area contributed by atoms with Crippen molar-refractivity contribution in [2.75, 3.05) is 11.9 Å². The first-order valence-electron chi connectivity index (χ1n) is 8.49. The van der Waals surface area contributed by atoms with E-state index in [0.29, 0.717) is 29.1 Å². The third-order valence-electron chi connectivity index (χ3n) is 3.78. The van der Waals surface area contributed by atoms with E-state index in [1.54, 1.807) is 61.5 Å². The molecule has 27 heavy (non-hydrogen) atoms. The summed E-state index contributed by atoms with van der Waals surface area (Å²) >= 11 is 0. The molecule has 140 valence electrons. The highest BCUT2D eigenvalue weighted by atomic mass is 16.5. The minimum Gasteiger partial charge on any atom is -0.481 e. The van der Waals surface area contributed by atoms with Crippen LogP contribution in [0.1, 0.15) is 34.6 Å². The third-order valence-corrected chi connectivity index (χ3v) is 3.78. The molecule has 0 saturated carbocycles. The predicted octanol–water partition coefficient (Wildman–Crippen LogP) is 3.21. The standard InChI is InChI=1S/C21H22N2O4/c1-4-13-22-21(26)18-7-5-6-8-19(18)23-20(25)15(3)27-17-11-9-16(10-12-17)14(2)24/h4-12,15H,1,13H2,2-3H3,(H,22,26)(H,23,25). The Balaban J connectivity index is 2.05. The van der Waals surface area contributed by atoms with Gasteiger partial charge < -0.3 is 15.4 Å². The number of Topliss-reactive ketones (excluding diaryl/α,β-unsaturated/α-hetero) is 1. The number of carbonyl (C=O) groups excluding carboxylic acids is 3. The lowest BCUT2D eigenvalue weighted by molar-refractivity contribution is -0.122. The van der Waals surface area contributed by atoms with Crippen molar-refractivity contribution < 1.29 is 19.1 Å².